The van der Waals surface area contributed by atoms with Crippen LogP contribution in [0.15, 0.2) is 73.1 Å². The number of alkyl halides is 3. The fourth-order valence-corrected chi connectivity index (χ4v) is 4.07. The Morgan fingerprint density at radius 3 is 2.43 bits per heavy atom. The number of benzene rings is 2. The molecule has 0 spiro atoms. The summed E-state index contributed by atoms with van der Waals surface area (Å²) in [7, 11) is 0. The number of amides is 1. The number of pyridine rings is 1. The summed E-state index contributed by atoms with van der Waals surface area (Å²) < 4.78 is 41.3. The van der Waals surface area contributed by atoms with Gasteiger partial charge >= 0.3 is 6.36 Å². The molecule has 1 amide bonds. The third-order valence-corrected chi connectivity index (χ3v) is 5.89. The Morgan fingerprint density at radius 1 is 1.00 bits per heavy atom. The van der Waals surface area contributed by atoms with Crippen molar-refractivity contribution in [3.8, 4) is 5.75 Å². The van der Waals surface area contributed by atoms with Gasteiger partial charge in [0.1, 0.15) is 5.75 Å². The van der Waals surface area contributed by atoms with Crippen LogP contribution in [-0.2, 0) is 13.1 Å². The van der Waals surface area contributed by atoms with Crippen molar-refractivity contribution in [2.24, 2.45) is 0 Å². The van der Waals surface area contributed by atoms with Crippen molar-refractivity contribution in [1.82, 2.24) is 15.6 Å². The Balaban J connectivity index is 1.22. The molecule has 1 aliphatic rings. The molecule has 0 radical (unpaired) electrons. The van der Waals surface area contributed by atoms with E-state index in [1.165, 1.54) is 12.1 Å². The first-order chi connectivity index (χ1) is 16.9. The van der Waals surface area contributed by atoms with Gasteiger partial charge in [-0.2, -0.15) is 0 Å². The van der Waals surface area contributed by atoms with Crippen LogP contribution in [0.3, 0.4) is 0 Å². The first-order valence-corrected chi connectivity index (χ1v) is 11.5. The highest BCUT2D eigenvalue weighted by molar-refractivity contribution is 5.94. The van der Waals surface area contributed by atoms with E-state index in [4.69, 9.17) is 0 Å². The monoisotopic (exact) mass is 484 g/mol. The smallest absolute Gasteiger partial charge is 0.406 e. The summed E-state index contributed by atoms with van der Waals surface area (Å²) >= 11 is 0. The van der Waals surface area contributed by atoms with Crippen LogP contribution >= 0.6 is 0 Å². The molecule has 0 atom stereocenters. The van der Waals surface area contributed by atoms with Gasteiger partial charge in [-0.05, 0) is 66.4 Å². The minimum absolute atomic E-state index is 0.131. The van der Waals surface area contributed by atoms with Crippen LogP contribution in [0.25, 0.3) is 0 Å². The summed E-state index contributed by atoms with van der Waals surface area (Å²) in [5.41, 5.74) is 3.35. The molecular weight excluding hydrogens is 457 g/mol. The molecule has 4 rings (SSSR count). The lowest BCUT2D eigenvalue weighted by Gasteiger charge is -2.34. The molecule has 35 heavy (non-hydrogen) atoms. The third kappa shape index (κ3) is 7.45. The second kappa shape index (κ2) is 11.2. The van der Waals surface area contributed by atoms with Crippen molar-refractivity contribution in [2.75, 3.05) is 18.0 Å². The molecule has 0 bridgehead atoms. The maximum atomic E-state index is 12.4. The first kappa shape index (κ1) is 24.5. The molecule has 2 N–H and O–H groups in total. The Hall–Kier alpha value is -3.59. The van der Waals surface area contributed by atoms with E-state index in [-0.39, 0.29) is 17.7 Å². The predicted molar refractivity (Wildman–Crippen MR) is 127 cm³/mol. The number of carbonyl (C=O) groups is 1. The van der Waals surface area contributed by atoms with Gasteiger partial charge in [0.05, 0.1) is 0 Å². The molecule has 2 heterocycles. The van der Waals surface area contributed by atoms with Gasteiger partial charge in [-0.15, -0.1) is 13.2 Å². The van der Waals surface area contributed by atoms with Gasteiger partial charge in [0, 0.05) is 55.9 Å². The van der Waals surface area contributed by atoms with Crippen molar-refractivity contribution in [3.05, 3.63) is 89.7 Å². The fourth-order valence-electron chi connectivity index (χ4n) is 4.07. The van der Waals surface area contributed by atoms with E-state index in [1.807, 2.05) is 36.4 Å². The van der Waals surface area contributed by atoms with Gasteiger partial charge in [0.2, 0.25) is 0 Å². The van der Waals surface area contributed by atoms with Crippen LogP contribution in [0.5, 0.6) is 5.75 Å². The highest BCUT2D eigenvalue weighted by Gasteiger charge is 2.31. The van der Waals surface area contributed by atoms with Crippen LogP contribution in [0.4, 0.5) is 18.9 Å². The van der Waals surface area contributed by atoms with Crippen LogP contribution in [0.2, 0.25) is 0 Å². The summed E-state index contributed by atoms with van der Waals surface area (Å²) in [5, 5.41) is 6.33. The lowest BCUT2D eigenvalue weighted by Crippen LogP contribution is -2.42. The van der Waals surface area contributed by atoms with Gasteiger partial charge in [-0.1, -0.05) is 18.2 Å². The fraction of sp³-hybridized carbons (Fsp3) is 0.308. The number of piperidine rings is 1. The van der Waals surface area contributed by atoms with E-state index < -0.39 is 6.36 Å². The Kier molecular flexibility index (Phi) is 7.87. The average molecular weight is 485 g/mol. The topological polar surface area (TPSA) is 66.5 Å². The largest absolute Gasteiger partial charge is 0.573 e. The molecule has 184 valence electrons. The number of ether oxygens (including phenoxy) is 1. The Labute approximate surface area is 202 Å². The number of carbonyl (C=O) groups excluding carboxylic acids is 1. The maximum Gasteiger partial charge on any atom is 0.573 e. The minimum atomic E-state index is -4.69. The van der Waals surface area contributed by atoms with Crippen molar-refractivity contribution in [1.29, 1.82) is 0 Å². The van der Waals surface area contributed by atoms with Gasteiger partial charge in [-0.25, -0.2) is 0 Å². The number of nitrogens with one attached hydrogen (secondary N) is 2. The van der Waals surface area contributed by atoms with Gasteiger partial charge in [-0.3, -0.25) is 9.78 Å². The summed E-state index contributed by atoms with van der Waals surface area (Å²) in [5.74, 6) is -0.339. The molecule has 0 saturated carbocycles. The summed E-state index contributed by atoms with van der Waals surface area (Å²) in [6, 6.07) is 17.6. The molecule has 0 aliphatic carbocycles. The van der Waals surface area contributed by atoms with Crippen molar-refractivity contribution >= 4 is 11.6 Å². The predicted octanol–water partition coefficient (Wildman–Crippen LogP) is 4.67. The zero-order chi connectivity index (χ0) is 24.7. The van der Waals surface area contributed by atoms with E-state index in [1.54, 1.807) is 24.5 Å². The van der Waals surface area contributed by atoms with Gasteiger partial charge in [0.25, 0.3) is 5.91 Å². The number of nitrogens with zero attached hydrogens (tertiary/aromatic N) is 2. The molecular formula is C26H27F3N4O2. The van der Waals surface area contributed by atoms with Crippen molar-refractivity contribution in [3.63, 3.8) is 0 Å². The second-order valence-electron chi connectivity index (χ2n) is 8.43. The molecule has 1 fully saturated rings. The number of hydrogen-bond acceptors (Lipinski definition) is 5. The highest BCUT2D eigenvalue weighted by atomic mass is 19.4. The summed E-state index contributed by atoms with van der Waals surface area (Å²) in [6.07, 6.45) is 0.541. The van der Waals surface area contributed by atoms with Gasteiger partial charge < -0.3 is 20.3 Å². The Morgan fingerprint density at radius 2 is 1.74 bits per heavy atom. The van der Waals surface area contributed by atoms with E-state index >= 15 is 0 Å². The molecule has 3 aromatic rings. The number of aromatic nitrogens is 1. The Bertz CT molecular complexity index is 1100. The van der Waals surface area contributed by atoms with E-state index in [2.05, 4.69) is 25.3 Å². The lowest BCUT2D eigenvalue weighted by atomic mass is 10.0. The molecule has 9 heteroatoms. The van der Waals surface area contributed by atoms with E-state index in [0.29, 0.717) is 18.7 Å². The quantitative estimate of drug-likeness (QED) is 0.487. The molecule has 2 aromatic carbocycles. The lowest BCUT2D eigenvalue weighted by molar-refractivity contribution is -0.274. The van der Waals surface area contributed by atoms with Crippen molar-refractivity contribution in [2.45, 2.75) is 38.3 Å². The van der Waals surface area contributed by atoms with E-state index in [0.717, 1.165) is 42.7 Å². The number of rotatable bonds is 8. The van der Waals surface area contributed by atoms with Crippen LogP contribution in [0.1, 0.15) is 34.3 Å². The third-order valence-electron chi connectivity index (χ3n) is 5.89. The molecule has 6 nitrogen and oxygen atoms in total. The number of anilines is 1. The van der Waals surface area contributed by atoms with Crippen molar-refractivity contribution < 1.29 is 22.7 Å². The zero-order valence-corrected chi connectivity index (χ0v) is 19.1. The average Bonchev–Trinajstić information content (AvgIpc) is 2.86. The molecule has 1 saturated heterocycles. The number of halogens is 3. The standard InChI is InChI=1S/C26H27F3N4O2/c27-26(28,29)35-24-5-1-3-19(15-24)17-31-22-10-13-33(14-11-22)23-8-6-21(7-9-23)25(34)32-18-20-4-2-12-30-16-20/h1-9,12,15-16,22,31H,10-11,13-14,17-18H2,(H,32,34). The van der Waals surface area contributed by atoms with E-state index in [9.17, 15) is 18.0 Å². The zero-order valence-electron chi connectivity index (χ0n) is 19.1. The molecule has 1 aromatic heterocycles. The molecule has 0 unspecified atom stereocenters. The maximum absolute atomic E-state index is 12.4. The summed E-state index contributed by atoms with van der Waals surface area (Å²) in [4.78, 5) is 18.7. The normalized spacial score (nSPS) is 14.5. The number of hydrogen-bond donors (Lipinski definition) is 2. The summed E-state index contributed by atoms with van der Waals surface area (Å²) in [6.45, 7) is 2.60. The van der Waals surface area contributed by atoms with Crippen LogP contribution < -0.4 is 20.3 Å². The van der Waals surface area contributed by atoms with Crippen LogP contribution in [-0.4, -0.2) is 36.4 Å². The van der Waals surface area contributed by atoms with Gasteiger partial charge in [0.15, 0.2) is 0 Å². The first-order valence-electron chi connectivity index (χ1n) is 11.5. The molecule has 1 aliphatic heterocycles. The SMILES string of the molecule is O=C(NCc1cccnc1)c1ccc(N2CCC(NCc3cccc(OC(F)(F)F)c3)CC2)cc1. The highest BCUT2D eigenvalue weighted by Crippen LogP contribution is 2.24. The minimum Gasteiger partial charge on any atom is -0.406 e. The second-order valence-corrected chi connectivity index (χ2v) is 8.43. The van der Waals surface area contributed by atoms with Crippen LogP contribution in [0, 0.1) is 0 Å².